The summed E-state index contributed by atoms with van der Waals surface area (Å²) in [5.74, 6) is -0.631. The molecule has 1 N–H and O–H groups in total. The van der Waals surface area contributed by atoms with E-state index in [1.165, 1.54) is 6.07 Å². The van der Waals surface area contributed by atoms with Crippen LogP contribution in [-0.4, -0.2) is 16.1 Å². The third-order valence-electron chi connectivity index (χ3n) is 2.45. The Morgan fingerprint density at radius 1 is 1.33 bits per heavy atom. The van der Waals surface area contributed by atoms with Gasteiger partial charge in [-0.15, -0.1) is 0 Å². The van der Waals surface area contributed by atoms with Crippen molar-refractivity contribution in [2.75, 3.05) is 0 Å². The zero-order chi connectivity index (χ0) is 13.0. The Hall–Kier alpha value is -2.36. The maximum Gasteiger partial charge on any atom is 0.342 e. The van der Waals surface area contributed by atoms with Crippen molar-refractivity contribution in [3.8, 4) is 5.75 Å². The largest absolute Gasteiger partial charge is 0.507 e. The maximum absolute atomic E-state index is 11.8. The van der Waals surface area contributed by atoms with E-state index in [4.69, 9.17) is 4.74 Å². The number of rotatable bonds is 3. The molecule has 18 heavy (non-hydrogen) atoms. The first kappa shape index (κ1) is 12.1. The zero-order valence-electron chi connectivity index (χ0n) is 9.96. The first-order chi connectivity index (χ1) is 8.66. The van der Waals surface area contributed by atoms with Crippen molar-refractivity contribution in [2.45, 2.75) is 13.5 Å². The van der Waals surface area contributed by atoms with E-state index >= 15 is 0 Å². The first-order valence-electron chi connectivity index (χ1n) is 5.53. The third kappa shape index (κ3) is 2.85. The van der Waals surface area contributed by atoms with Crippen LogP contribution < -0.4 is 0 Å². The van der Waals surface area contributed by atoms with E-state index in [2.05, 4.69) is 4.98 Å². The standard InChI is InChI=1S/C14H13NO3/c1-10-5-6-13(16)12(8-10)14(17)18-9-11-4-2-3-7-15-11/h2-8,16H,9H2,1H3. The number of aromatic hydroxyl groups is 1. The van der Waals surface area contributed by atoms with Crippen LogP contribution in [-0.2, 0) is 11.3 Å². The number of carbonyl (C=O) groups excluding carboxylic acids is 1. The van der Waals surface area contributed by atoms with Crippen LogP contribution in [0.25, 0.3) is 0 Å². The molecule has 4 heteroatoms. The van der Waals surface area contributed by atoms with Crippen LogP contribution in [0.3, 0.4) is 0 Å². The van der Waals surface area contributed by atoms with Crippen LogP contribution in [0.5, 0.6) is 5.75 Å². The number of hydrogen-bond donors (Lipinski definition) is 1. The van der Waals surface area contributed by atoms with E-state index in [0.717, 1.165) is 5.56 Å². The number of carbonyl (C=O) groups is 1. The Labute approximate surface area is 105 Å². The molecule has 0 saturated heterocycles. The van der Waals surface area contributed by atoms with Gasteiger partial charge in [-0.2, -0.15) is 0 Å². The highest BCUT2D eigenvalue weighted by Crippen LogP contribution is 2.19. The number of benzene rings is 1. The van der Waals surface area contributed by atoms with E-state index in [-0.39, 0.29) is 17.9 Å². The summed E-state index contributed by atoms with van der Waals surface area (Å²) in [5, 5.41) is 9.59. The summed E-state index contributed by atoms with van der Waals surface area (Å²) in [6.07, 6.45) is 1.63. The van der Waals surface area contributed by atoms with Gasteiger partial charge in [0, 0.05) is 6.20 Å². The minimum Gasteiger partial charge on any atom is -0.507 e. The number of aromatic nitrogens is 1. The lowest BCUT2D eigenvalue weighted by Crippen LogP contribution is -2.06. The van der Waals surface area contributed by atoms with Gasteiger partial charge < -0.3 is 9.84 Å². The van der Waals surface area contributed by atoms with Gasteiger partial charge in [0.15, 0.2) is 0 Å². The van der Waals surface area contributed by atoms with Crippen molar-refractivity contribution in [3.63, 3.8) is 0 Å². The molecule has 0 spiro atoms. The van der Waals surface area contributed by atoms with Gasteiger partial charge >= 0.3 is 5.97 Å². The molecule has 1 heterocycles. The molecule has 0 amide bonds. The second kappa shape index (κ2) is 5.31. The fourth-order valence-electron chi connectivity index (χ4n) is 1.51. The SMILES string of the molecule is Cc1ccc(O)c(C(=O)OCc2ccccn2)c1. The Balaban J connectivity index is 2.06. The second-order valence-electron chi connectivity index (χ2n) is 3.92. The Kier molecular flexibility index (Phi) is 3.57. The number of phenolic OH excluding ortho intramolecular Hbond substituents is 1. The average Bonchev–Trinajstić information content (AvgIpc) is 2.40. The Morgan fingerprint density at radius 2 is 2.17 bits per heavy atom. The molecule has 0 aliphatic heterocycles. The molecule has 0 bridgehead atoms. The van der Waals surface area contributed by atoms with E-state index in [1.54, 1.807) is 30.5 Å². The average molecular weight is 243 g/mol. The summed E-state index contributed by atoms with van der Waals surface area (Å²) in [6.45, 7) is 1.93. The van der Waals surface area contributed by atoms with Crippen molar-refractivity contribution < 1.29 is 14.6 Å². The molecule has 92 valence electrons. The number of esters is 1. The quantitative estimate of drug-likeness (QED) is 0.841. The van der Waals surface area contributed by atoms with Gasteiger partial charge in [-0.3, -0.25) is 4.98 Å². The van der Waals surface area contributed by atoms with Gasteiger partial charge in [-0.05, 0) is 31.2 Å². The number of nitrogens with zero attached hydrogens (tertiary/aromatic N) is 1. The molecule has 1 aromatic heterocycles. The predicted molar refractivity (Wildman–Crippen MR) is 66.2 cm³/mol. The van der Waals surface area contributed by atoms with Crippen molar-refractivity contribution >= 4 is 5.97 Å². The summed E-state index contributed by atoms with van der Waals surface area (Å²) in [6, 6.07) is 10.2. The van der Waals surface area contributed by atoms with Crippen LogP contribution in [0.15, 0.2) is 42.6 Å². The molecule has 0 aliphatic carbocycles. The molecule has 0 radical (unpaired) electrons. The van der Waals surface area contributed by atoms with Gasteiger partial charge in [0.1, 0.15) is 17.9 Å². The predicted octanol–water partition coefficient (Wildman–Crippen LogP) is 2.45. The molecule has 0 atom stereocenters. The minimum absolute atomic E-state index is 0.0772. The Morgan fingerprint density at radius 3 is 2.89 bits per heavy atom. The van der Waals surface area contributed by atoms with Crippen molar-refractivity contribution in [2.24, 2.45) is 0 Å². The van der Waals surface area contributed by atoms with Crippen LogP contribution >= 0.6 is 0 Å². The normalized spacial score (nSPS) is 10.1. The monoisotopic (exact) mass is 243 g/mol. The fraction of sp³-hybridized carbons (Fsp3) is 0.143. The van der Waals surface area contributed by atoms with E-state index in [0.29, 0.717) is 5.69 Å². The molecular weight excluding hydrogens is 230 g/mol. The van der Waals surface area contributed by atoms with Gasteiger partial charge in [0.05, 0.1) is 5.69 Å². The maximum atomic E-state index is 11.8. The molecule has 1 aromatic carbocycles. The summed E-state index contributed by atoms with van der Waals surface area (Å²) in [4.78, 5) is 15.8. The molecule has 4 nitrogen and oxygen atoms in total. The lowest BCUT2D eigenvalue weighted by atomic mass is 10.1. The van der Waals surface area contributed by atoms with Gasteiger partial charge in [-0.1, -0.05) is 17.7 Å². The summed E-state index contributed by atoms with van der Waals surface area (Å²) in [7, 11) is 0. The molecule has 2 rings (SSSR count). The lowest BCUT2D eigenvalue weighted by Gasteiger charge is -2.06. The first-order valence-corrected chi connectivity index (χ1v) is 5.53. The molecule has 2 aromatic rings. The van der Waals surface area contributed by atoms with Gasteiger partial charge in [-0.25, -0.2) is 4.79 Å². The van der Waals surface area contributed by atoms with Crippen LogP contribution in [0.1, 0.15) is 21.6 Å². The summed E-state index contributed by atoms with van der Waals surface area (Å²) >= 11 is 0. The van der Waals surface area contributed by atoms with Gasteiger partial charge in [0.2, 0.25) is 0 Å². The molecule has 0 saturated carbocycles. The highest BCUT2D eigenvalue weighted by Gasteiger charge is 2.12. The van der Waals surface area contributed by atoms with Crippen molar-refractivity contribution in [1.82, 2.24) is 4.98 Å². The van der Waals surface area contributed by atoms with Gasteiger partial charge in [0.25, 0.3) is 0 Å². The smallest absolute Gasteiger partial charge is 0.342 e. The number of aryl methyl sites for hydroxylation is 1. The topological polar surface area (TPSA) is 59.4 Å². The van der Waals surface area contributed by atoms with E-state index < -0.39 is 5.97 Å². The zero-order valence-corrected chi connectivity index (χ0v) is 9.96. The lowest BCUT2D eigenvalue weighted by molar-refractivity contribution is 0.0464. The second-order valence-corrected chi connectivity index (χ2v) is 3.92. The number of phenols is 1. The number of ether oxygens (including phenoxy) is 1. The van der Waals surface area contributed by atoms with Crippen molar-refractivity contribution in [3.05, 3.63) is 59.4 Å². The highest BCUT2D eigenvalue weighted by molar-refractivity contribution is 5.92. The van der Waals surface area contributed by atoms with Crippen LogP contribution in [0.4, 0.5) is 0 Å². The minimum atomic E-state index is -0.554. The molecular formula is C14H13NO3. The molecule has 0 aliphatic rings. The van der Waals surface area contributed by atoms with E-state index in [1.807, 2.05) is 13.0 Å². The molecule has 0 unspecified atom stereocenters. The molecule has 0 fully saturated rings. The van der Waals surface area contributed by atoms with Crippen LogP contribution in [0, 0.1) is 6.92 Å². The van der Waals surface area contributed by atoms with Crippen molar-refractivity contribution in [1.29, 1.82) is 0 Å². The summed E-state index contributed by atoms with van der Waals surface area (Å²) < 4.78 is 5.09. The highest BCUT2D eigenvalue weighted by atomic mass is 16.5. The van der Waals surface area contributed by atoms with E-state index in [9.17, 15) is 9.90 Å². The third-order valence-corrected chi connectivity index (χ3v) is 2.45. The number of hydrogen-bond acceptors (Lipinski definition) is 4. The fourth-order valence-corrected chi connectivity index (χ4v) is 1.51. The summed E-state index contributed by atoms with van der Waals surface area (Å²) in [5.41, 5.74) is 1.72. The number of pyridine rings is 1. The van der Waals surface area contributed by atoms with Crippen LogP contribution in [0.2, 0.25) is 0 Å². The Bertz CT molecular complexity index is 552.